The molecule has 0 aliphatic rings. The van der Waals surface area contributed by atoms with Gasteiger partial charge in [0.1, 0.15) is 11.2 Å². The van der Waals surface area contributed by atoms with Gasteiger partial charge in [-0.2, -0.15) is 0 Å². The first-order chi connectivity index (χ1) is 11.6. The molecular formula is C18H10ClNO4. The largest absolute Gasteiger partial charge is 0.464 e. The average molecular weight is 340 g/mol. The lowest BCUT2D eigenvalue weighted by molar-refractivity contribution is 0.0998. The number of fused-ring (bicyclic) bond motifs is 2. The molecule has 0 spiro atoms. The van der Waals surface area contributed by atoms with Crippen LogP contribution in [-0.2, 0) is 0 Å². The Balaban J connectivity index is 1.67. The normalized spacial score (nSPS) is 11.0. The Bertz CT molecular complexity index is 1140. The van der Waals surface area contributed by atoms with Gasteiger partial charge in [-0.25, -0.2) is 0 Å². The number of hydrogen-bond donors (Lipinski definition) is 1. The summed E-state index contributed by atoms with van der Waals surface area (Å²) in [5.74, 6) is -0.255. The van der Waals surface area contributed by atoms with E-state index >= 15 is 0 Å². The Morgan fingerprint density at radius 3 is 2.71 bits per heavy atom. The first-order valence-corrected chi connectivity index (χ1v) is 7.50. The Hall–Kier alpha value is -3.05. The molecule has 2 aromatic carbocycles. The van der Waals surface area contributed by atoms with Crippen molar-refractivity contribution in [3.8, 4) is 0 Å². The van der Waals surface area contributed by atoms with Gasteiger partial charge in [0.15, 0.2) is 11.2 Å². The monoisotopic (exact) mass is 339 g/mol. The van der Waals surface area contributed by atoms with Crippen molar-refractivity contribution >= 4 is 45.1 Å². The lowest BCUT2D eigenvalue weighted by atomic mass is 10.2. The fraction of sp³-hybridized carbons (Fsp3) is 0. The Kier molecular flexibility index (Phi) is 3.36. The molecule has 4 aromatic rings. The number of amides is 1. The summed E-state index contributed by atoms with van der Waals surface area (Å²) in [6, 6.07) is 12.9. The molecule has 118 valence electrons. The second-order valence-corrected chi connectivity index (χ2v) is 5.68. The molecule has 0 radical (unpaired) electrons. The van der Waals surface area contributed by atoms with Crippen LogP contribution in [0.5, 0.6) is 0 Å². The van der Waals surface area contributed by atoms with Crippen molar-refractivity contribution in [2.45, 2.75) is 0 Å². The summed E-state index contributed by atoms with van der Waals surface area (Å²) in [6.07, 6.45) is 1.34. The lowest BCUT2D eigenvalue weighted by Crippen LogP contribution is -2.11. The summed E-state index contributed by atoms with van der Waals surface area (Å²) in [5.41, 5.74) is 1.33. The molecule has 2 aromatic heterocycles. The highest BCUT2D eigenvalue weighted by Crippen LogP contribution is 2.24. The number of carbonyl (C=O) groups excluding carboxylic acids is 1. The number of nitrogens with one attached hydrogen (secondary N) is 1. The molecule has 4 rings (SSSR count). The fourth-order valence-electron chi connectivity index (χ4n) is 2.48. The smallest absolute Gasteiger partial charge is 0.291 e. The van der Waals surface area contributed by atoms with Crippen molar-refractivity contribution in [1.29, 1.82) is 0 Å². The highest BCUT2D eigenvalue weighted by atomic mass is 35.5. The van der Waals surface area contributed by atoms with Crippen LogP contribution in [0.25, 0.3) is 21.9 Å². The van der Waals surface area contributed by atoms with Gasteiger partial charge >= 0.3 is 0 Å². The van der Waals surface area contributed by atoms with Crippen LogP contribution >= 0.6 is 11.6 Å². The minimum absolute atomic E-state index is 0.160. The van der Waals surface area contributed by atoms with Gasteiger partial charge in [0.05, 0.1) is 11.6 Å². The molecule has 0 aliphatic heterocycles. The number of carbonyl (C=O) groups is 1. The van der Waals surface area contributed by atoms with Crippen LogP contribution in [0.3, 0.4) is 0 Å². The van der Waals surface area contributed by atoms with Gasteiger partial charge in [-0.15, -0.1) is 0 Å². The molecule has 2 heterocycles. The number of benzene rings is 2. The molecule has 1 amide bonds. The Labute approximate surface area is 140 Å². The van der Waals surface area contributed by atoms with Crippen LogP contribution in [0.4, 0.5) is 5.69 Å². The van der Waals surface area contributed by atoms with E-state index in [9.17, 15) is 9.59 Å². The van der Waals surface area contributed by atoms with Crippen molar-refractivity contribution in [2.24, 2.45) is 0 Å². The van der Waals surface area contributed by atoms with Gasteiger partial charge in [-0.05, 0) is 42.5 Å². The van der Waals surface area contributed by atoms with E-state index in [1.807, 2.05) is 0 Å². The summed E-state index contributed by atoms with van der Waals surface area (Å²) >= 11 is 5.93. The van der Waals surface area contributed by atoms with Crippen LogP contribution in [0.1, 0.15) is 10.6 Å². The zero-order valence-electron chi connectivity index (χ0n) is 12.2. The summed E-state index contributed by atoms with van der Waals surface area (Å²) in [6.45, 7) is 0. The van der Waals surface area contributed by atoms with Crippen LogP contribution < -0.4 is 10.7 Å². The molecule has 0 saturated carbocycles. The van der Waals surface area contributed by atoms with Crippen LogP contribution in [-0.4, -0.2) is 5.91 Å². The first-order valence-electron chi connectivity index (χ1n) is 7.12. The fourth-order valence-corrected chi connectivity index (χ4v) is 2.66. The summed E-state index contributed by atoms with van der Waals surface area (Å²) in [5, 5.41) is 4.41. The Morgan fingerprint density at radius 1 is 1.00 bits per heavy atom. The standard InChI is InChI=1S/C18H10ClNO4/c19-11-1-3-15-10(7-11)8-17(24-15)18(22)20-12-2-4-16-13(9-12)14(21)5-6-23-16/h1-9H,(H,20,22). The average Bonchev–Trinajstić information content (AvgIpc) is 2.99. The molecule has 1 N–H and O–H groups in total. The Morgan fingerprint density at radius 2 is 1.83 bits per heavy atom. The van der Waals surface area contributed by atoms with Gasteiger partial charge in [0, 0.05) is 22.2 Å². The molecule has 0 atom stereocenters. The minimum atomic E-state index is -0.415. The summed E-state index contributed by atoms with van der Waals surface area (Å²) < 4.78 is 10.8. The van der Waals surface area contributed by atoms with Crippen LogP contribution in [0, 0.1) is 0 Å². The van der Waals surface area contributed by atoms with E-state index in [1.165, 1.54) is 12.3 Å². The van der Waals surface area contributed by atoms with Gasteiger partial charge in [0.25, 0.3) is 5.91 Å². The molecular weight excluding hydrogens is 330 g/mol. The first kappa shape index (κ1) is 14.5. The zero-order chi connectivity index (χ0) is 16.7. The maximum Gasteiger partial charge on any atom is 0.291 e. The van der Waals surface area contributed by atoms with Crippen molar-refractivity contribution in [3.63, 3.8) is 0 Å². The molecule has 5 nitrogen and oxygen atoms in total. The maximum atomic E-state index is 12.4. The van der Waals surface area contributed by atoms with Crippen molar-refractivity contribution < 1.29 is 13.6 Å². The van der Waals surface area contributed by atoms with E-state index in [0.717, 1.165) is 5.39 Å². The van der Waals surface area contributed by atoms with Crippen molar-refractivity contribution in [3.05, 3.63) is 75.8 Å². The predicted octanol–water partition coefficient (Wildman–Crippen LogP) is 4.44. The minimum Gasteiger partial charge on any atom is -0.464 e. The number of halogens is 1. The van der Waals surface area contributed by atoms with E-state index in [0.29, 0.717) is 27.3 Å². The third-order valence-electron chi connectivity index (χ3n) is 3.62. The molecule has 0 saturated heterocycles. The maximum absolute atomic E-state index is 12.4. The number of rotatable bonds is 2. The third kappa shape index (κ3) is 2.55. The van der Waals surface area contributed by atoms with E-state index in [1.54, 1.807) is 42.5 Å². The molecule has 0 aliphatic carbocycles. The summed E-state index contributed by atoms with van der Waals surface area (Å²) in [4.78, 5) is 24.2. The van der Waals surface area contributed by atoms with Gasteiger partial charge in [-0.3, -0.25) is 9.59 Å². The zero-order valence-corrected chi connectivity index (χ0v) is 13.0. The molecule has 24 heavy (non-hydrogen) atoms. The highest BCUT2D eigenvalue weighted by molar-refractivity contribution is 6.31. The second kappa shape index (κ2) is 5.54. The lowest BCUT2D eigenvalue weighted by Gasteiger charge is -2.04. The van der Waals surface area contributed by atoms with E-state index < -0.39 is 5.91 Å². The van der Waals surface area contributed by atoms with E-state index in [-0.39, 0.29) is 11.2 Å². The number of hydrogen-bond acceptors (Lipinski definition) is 4. The molecule has 6 heteroatoms. The van der Waals surface area contributed by atoms with Gasteiger partial charge in [-0.1, -0.05) is 11.6 Å². The second-order valence-electron chi connectivity index (χ2n) is 5.24. The predicted molar refractivity (Wildman–Crippen MR) is 91.7 cm³/mol. The van der Waals surface area contributed by atoms with Crippen LogP contribution in [0.15, 0.2) is 68.4 Å². The third-order valence-corrected chi connectivity index (χ3v) is 3.85. The van der Waals surface area contributed by atoms with Crippen LogP contribution in [0.2, 0.25) is 5.02 Å². The quantitative estimate of drug-likeness (QED) is 0.585. The van der Waals surface area contributed by atoms with Crippen molar-refractivity contribution in [2.75, 3.05) is 5.32 Å². The van der Waals surface area contributed by atoms with E-state index in [2.05, 4.69) is 5.32 Å². The van der Waals surface area contributed by atoms with Gasteiger partial charge < -0.3 is 14.2 Å². The number of furan rings is 1. The summed E-state index contributed by atoms with van der Waals surface area (Å²) in [7, 11) is 0. The van der Waals surface area contributed by atoms with Gasteiger partial charge in [0.2, 0.25) is 0 Å². The molecule has 0 bridgehead atoms. The van der Waals surface area contributed by atoms with E-state index in [4.69, 9.17) is 20.4 Å². The molecule has 0 fully saturated rings. The highest BCUT2D eigenvalue weighted by Gasteiger charge is 2.13. The molecule has 0 unspecified atom stereocenters. The number of anilines is 1. The SMILES string of the molecule is O=C(Nc1ccc2occc(=O)c2c1)c1cc2cc(Cl)ccc2o1. The van der Waals surface area contributed by atoms with Crippen molar-refractivity contribution in [1.82, 2.24) is 0 Å². The topological polar surface area (TPSA) is 72.5 Å².